The van der Waals surface area contributed by atoms with Crippen LogP contribution in [-0.4, -0.2) is 48.0 Å². The Morgan fingerprint density at radius 3 is 2.41 bits per heavy atom. The molecule has 0 bridgehead atoms. The fourth-order valence-electron chi connectivity index (χ4n) is 3.63. The van der Waals surface area contributed by atoms with Crippen LogP contribution in [0.5, 0.6) is 0 Å². The van der Waals surface area contributed by atoms with Crippen molar-refractivity contribution in [1.29, 1.82) is 0 Å². The molecular weight excluding hydrogens is 336 g/mol. The Morgan fingerprint density at radius 1 is 1.07 bits per heavy atom. The monoisotopic (exact) mass is 366 g/mol. The number of aromatic nitrogens is 1. The Morgan fingerprint density at radius 2 is 1.78 bits per heavy atom. The van der Waals surface area contributed by atoms with Crippen molar-refractivity contribution in [3.8, 4) is 0 Å². The minimum absolute atomic E-state index is 0.0842. The zero-order valence-electron chi connectivity index (χ0n) is 16.3. The number of anilines is 1. The van der Waals surface area contributed by atoms with Crippen molar-refractivity contribution in [1.82, 2.24) is 15.2 Å². The average Bonchev–Trinajstić information content (AvgIpc) is 2.74. The first-order chi connectivity index (χ1) is 13.2. The quantitative estimate of drug-likeness (QED) is 0.817. The second-order valence-corrected chi connectivity index (χ2v) is 7.15. The maximum absolute atomic E-state index is 12.9. The van der Waals surface area contributed by atoms with Gasteiger partial charge in [0.25, 0.3) is 0 Å². The van der Waals surface area contributed by atoms with Crippen molar-refractivity contribution < 1.29 is 4.79 Å². The molecule has 0 aliphatic carbocycles. The minimum Gasteiger partial charge on any atom is -0.354 e. The number of amides is 1. The molecule has 27 heavy (non-hydrogen) atoms. The molecule has 0 saturated carbocycles. The third-order valence-electron chi connectivity index (χ3n) is 5.31. The molecule has 1 aliphatic heterocycles. The minimum atomic E-state index is -0.126. The molecule has 1 aromatic carbocycles. The highest BCUT2D eigenvalue weighted by molar-refractivity contribution is 5.81. The molecule has 5 nitrogen and oxygen atoms in total. The van der Waals surface area contributed by atoms with Crippen LogP contribution < -0.4 is 10.2 Å². The van der Waals surface area contributed by atoms with Gasteiger partial charge in [0.15, 0.2) is 0 Å². The van der Waals surface area contributed by atoms with E-state index in [0.29, 0.717) is 0 Å². The van der Waals surface area contributed by atoms with Gasteiger partial charge in [0.1, 0.15) is 5.82 Å². The van der Waals surface area contributed by atoms with Gasteiger partial charge in [0, 0.05) is 32.4 Å². The number of piperazine rings is 1. The topological polar surface area (TPSA) is 48.5 Å². The summed E-state index contributed by atoms with van der Waals surface area (Å²) in [6.45, 7) is 7.70. The van der Waals surface area contributed by atoms with E-state index in [2.05, 4.69) is 39.2 Å². The molecule has 1 saturated heterocycles. The zero-order chi connectivity index (χ0) is 19.1. The lowest BCUT2D eigenvalue weighted by Gasteiger charge is -2.38. The summed E-state index contributed by atoms with van der Waals surface area (Å²) < 4.78 is 0. The summed E-state index contributed by atoms with van der Waals surface area (Å²) in [5.74, 6) is 1.13. The summed E-state index contributed by atoms with van der Waals surface area (Å²) in [5, 5.41) is 3.27. The van der Waals surface area contributed by atoms with Gasteiger partial charge in [-0.2, -0.15) is 0 Å². The summed E-state index contributed by atoms with van der Waals surface area (Å²) in [7, 11) is 0. The Labute approximate surface area is 162 Å². The van der Waals surface area contributed by atoms with Crippen LogP contribution in [-0.2, 0) is 4.79 Å². The number of hydrogen-bond acceptors (Lipinski definition) is 4. The lowest BCUT2D eigenvalue weighted by molar-refractivity contribution is -0.126. The van der Waals surface area contributed by atoms with Crippen LogP contribution in [0.3, 0.4) is 0 Å². The first-order valence-corrected chi connectivity index (χ1v) is 9.94. The normalized spacial score (nSPS) is 17.3. The van der Waals surface area contributed by atoms with Crippen LogP contribution in [0.15, 0.2) is 54.7 Å². The van der Waals surface area contributed by atoms with Gasteiger partial charge in [-0.05, 0) is 31.0 Å². The summed E-state index contributed by atoms with van der Waals surface area (Å²) in [6, 6.07) is 16.2. The second-order valence-electron chi connectivity index (χ2n) is 7.15. The van der Waals surface area contributed by atoms with E-state index >= 15 is 0 Å². The standard InChI is InChI=1S/C22H30N4O/c1-3-9-20(19-10-5-4-6-11-19)24-22(27)18(2)25-14-16-26(17-15-25)21-12-7-8-13-23-21/h4-8,10-13,18,20H,3,9,14-17H2,1-2H3,(H,24,27)/t18-,20-/m1/s1. The number of hydrogen-bond donors (Lipinski definition) is 1. The molecule has 0 unspecified atom stereocenters. The van der Waals surface area contributed by atoms with Crippen molar-refractivity contribution in [3.05, 3.63) is 60.3 Å². The van der Waals surface area contributed by atoms with Crippen LogP contribution in [0.4, 0.5) is 5.82 Å². The van der Waals surface area contributed by atoms with Gasteiger partial charge >= 0.3 is 0 Å². The molecule has 1 amide bonds. The van der Waals surface area contributed by atoms with Gasteiger partial charge in [0.05, 0.1) is 12.1 Å². The van der Waals surface area contributed by atoms with Gasteiger partial charge in [-0.15, -0.1) is 0 Å². The van der Waals surface area contributed by atoms with Crippen molar-refractivity contribution in [3.63, 3.8) is 0 Å². The molecule has 0 radical (unpaired) electrons. The number of carbonyl (C=O) groups excluding carboxylic acids is 1. The highest BCUT2D eigenvalue weighted by atomic mass is 16.2. The van der Waals surface area contributed by atoms with Crippen molar-refractivity contribution in [2.24, 2.45) is 0 Å². The van der Waals surface area contributed by atoms with E-state index in [4.69, 9.17) is 0 Å². The predicted octanol–water partition coefficient (Wildman–Crippen LogP) is 3.25. The molecule has 144 valence electrons. The third kappa shape index (κ3) is 5.07. The molecule has 2 aromatic rings. The Balaban J connectivity index is 1.55. The molecule has 0 spiro atoms. The molecule has 2 atom stereocenters. The lowest BCUT2D eigenvalue weighted by atomic mass is 10.0. The molecule has 2 heterocycles. The van der Waals surface area contributed by atoms with Gasteiger partial charge in [-0.1, -0.05) is 49.7 Å². The Kier molecular flexibility index (Phi) is 6.82. The van der Waals surface area contributed by atoms with E-state index in [1.807, 2.05) is 49.5 Å². The van der Waals surface area contributed by atoms with E-state index in [-0.39, 0.29) is 18.0 Å². The van der Waals surface area contributed by atoms with Gasteiger partial charge < -0.3 is 10.2 Å². The second kappa shape index (κ2) is 9.51. The van der Waals surface area contributed by atoms with Gasteiger partial charge in [-0.3, -0.25) is 9.69 Å². The van der Waals surface area contributed by atoms with Crippen molar-refractivity contribution in [2.45, 2.75) is 38.8 Å². The summed E-state index contributed by atoms with van der Waals surface area (Å²) >= 11 is 0. The molecule has 1 fully saturated rings. The van der Waals surface area contributed by atoms with Crippen LogP contribution in [0.25, 0.3) is 0 Å². The number of rotatable bonds is 7. The zero-order valence-corrected chi connectivity index (χ0v) is 16.3. The van der Waals surface area contributed by atoms with Gasteiger partial charge in [-0.25, -0.2) is 4.98 Å². The van der Waals surface area contributed by atoms with Crippen LogP contribution >= 0.6 is 0 Å². The van der Waals surface area contributed by atoms with Crippen molar-refractivity contribution in [2.75, 3.05) is 31.1 Å². The number of nitrogens with zero attached hydrogens (tertiary/aromatic N) is 3. The fourth-order valence-corrected chi connectivity index (χ4v) is 3.63. The maximum atomic E-state index is 12.9. The highest BCUT2D eigenvalue weighted by Gasteiger charge is 2.27. The number of carbonyl (C=O) groups is 1. The summed E-state index contributed by atoms with van der Waals surface area (Å²) in [4.78, 5) is 21.9. The van der Waals surface area contributed by atoms with Crippen LogP contribution in [0, 0.1) is 0 Å². The molecule has 1 aromatic heterocycles. The first kappa shape index (κ1) is 19.4. The number of benzene rings is 1. The molecule has 3 rings (SSSR count). The smallest absolute Gasteiger partial charge is 0.237 e. The lowest BCUT2D eigenvalue weighted by Crippen LogP contribution is -2.54. The van der Waals surface area contributed by atoms with E-state index < -0.39 is 0 Å². The Hall–Kier alpha value is -2.40. The van der Waals surface area contributed by atoms with Crippen LogP contribution in [0.2, 0.25) is 0 Å². The third-order valence-corrected chi connectivity index (χ3v) is 5.31. The fraction of sp³-hybridized carbons (Fsp3) is 0.455. The predicted molar refractivity (Wildman–Crippen MR) is 110 cm³/mol. The SMILES string of the molecule is CCC[C@@H](NC(=O)[C@@H](C)N1CCN(c2ccccn2)CC1)c1ccccc1. The molecular formula is C22H30N4O. The van der Waals surface area contributed by atoms with E-state index in [9.17, 15) is 4.79 Å². The summed E-state index contributed by atoms with van der Waals surface area (Å²) in [5.41, 5.74) is 1.18. The number of pyridine rings is 1. The Bertz CT molecular complexity index is 699. The largest absolute Gasteiger partial charge is 0.354 e. The highest BCUT2D eigenvalue weighted by Crippen LogP contribution is 2.19. The average molecular weight is 367 g/mol. The van der Waals surface area contributed by atoms with E-state index in [0.717, 1.165) is 44.8 Å². The first-order valence-electron chi connectivity index (χ1n) is 9.94. The van der Waals surface area contributed by atoms with E-state index in [1.54, 1.807) is 0 Å². The van der Waals surface area contributed by atoms with Gasteiger partial charge in [0.2, 0.25) is 5.91 Å². The number of nitrogens with one attached hydrogen (secondary N) is 1. The van der Waals surface area contributed by atoms with Crippen molar-refractivity contribution >= 4 is 11.7 Å². The molecule has 1 N–H and O–H groups in total. The van der Waals surface area contributed by atoms with Crippen LogP contribution in [0.1, 0.15) is 38.3 Å². The van der Waals surface area contributed by atoms with E-state index in [1.165, 1.54) is 5.56 Å². The summed E-state index contributed by atoms with van der Waals surface area (Å²) in [6.07, 6.45) is 3.82. The molecule has 5 heteroatoms. The molecule has 1 aliphatic rings. The maximum Gasteiger partial charge on any atom is 0.237 e.